The third kappa shape index (κ3) is 7.78. The van der Waals surface area contributed by atoms with Crippen LogP contribution in [0.2, 0.25) is 5.02 Å². The Morgan fingerprint density at radius 3 is 1.48 bits per heavy atom. The van der Waals surface area contributed by atoms with Gasteiger partial charge >= 0.3 is 0 Å². The Morgan fingerprint density at radius 2 is 1.07 bits per heavy atom. The van der Waals surface area contributed by atoms with Gasteiger partial charge in [-0.15, -0.1) is 0 Å². The summed E-state index contributed by atoms with van der Waals surface area (Å²) in [5.41, 5.74) is 24.0. The van der Waals surface area contributed by atoms with E-state index in [1.165, 1.54) is 0 Å². The summed E-state index contributed by atoms with van der Waals surface area (Å²) in [6.07, 6.45) is 1.35. The molecule has 4 aromatic rings. The monoisotopic (exact) mass is 566 g/mol. The lowest BCUT2D eigenvalue weighted by Gasteiger charge is -2.16. The Hall–Kier alpha value is -3.99. The Morgan fingerprint density at radius 1 is 0.675 bits per heavy atom. The van der Waals surface area contributed by atoms with E-state index in [9.17, 15) is 0 Å². The standard InChI is InChI=1S/C27H31ClN8O2.2CH4/c1-4-20-22(17-8-6-16(3)7-9-17)24(33-26(29)31-20)35-37-14-15-38-36-25-23(18-10-12-19(28)13-11-18)21(5-2)32-27(30)34-25;;/h6-13H,4-5,14-15H2,1-3H3,(H3,29,31,33,35)(H3,30,32,34,36);2*1H4. The summed E-state index contributed by atoms with van der Waals surface area (Å²) in [7, 11) is 0. The molecule has 0 amide bonds. The molecular weight excluding hydrogens is 528 g/mol. The van der Waals surface area contributed by atoms with Crippen molar-refractivity contribution in [2.75, 3.05) is 35.6 Å². The van der Waals surface area contributed by atoms with Gasteiger partial charge in [-0.25, -0.2) is 20.9 Å². The highest BCUT2D eigenvalue weighted by atomic mass is 35.5. The molecule has 0 spiro atoms. The molecular formula is C29H39ClN8O2. The molecule has 0 bridgehead atoms. The number of aromatic nitrogens is 4. The zero-order valence-corrected chi connectivity index (χ0v) is 22.3. The van der Waals surface area contributed by atoms with Crippen molar-refractivity contribution < 1.29 is 9.68 Å². The lowest BCUT2D eigenvalue weighted by molar-refractivity contribution is 0.0982. The van der Waals surface area contributed by atoms with E-state index < -0.39 is 0 Å². The van der Waals surface area contributed by atoms with Gasteiger partial charge in [0.2, 0.25) is 11.9 Å². The van der Waals surface area contributed by atoms with Gasteiger partial charge in [0.1, 0.15) is 13.2 Å². The number of nitrogens with zero attached hydrogens (tertiary/aromatic N) is 4. The summed E-state index contributed by atoms with van der Waals surface area (Å²) in [5.74, 6) is 1.28. The van der Waals surface area contributed by atoms with Crippen LogP contribution in [-0.2, 0) is 22.5 Å². The van der Waals surface area contributed by atoms with Crippen molar-refractivity contribution in [1.29, 1.82) is 0 Å². The van der Waals surface area contributed by atoms with Crippen molar-refractivity contribution in [3.63, 3.8) is 0 Å². The Bertz CT molecular complexity index is 1280. The fourth-order valence-corrected chi connectivity index (χ4v) is 4.10. The highest BCUT2D eigenvalue weighted by molar-refractivity contribution is 6.30. The minimum atomic E-state index is 0. The quantitative estimate of drug-likeness (QED) is 0.117. The first-order valence-electron chi connectivity index (χ1n) is 12.3. The first-order valence-corrected chi connectivity index (χ1v) is 12.7. The van der Waals surface area contributed by atoms with Gasteiger partial charge in [0.25, 0.3) is 0 Å². The summed E-state index contributed by atoms with van der Waals surface area (Å²) in [6.45, 7) is 6.45. The van der Waals surface area contributed by atoms with Crippen molar-refractivity contribution in [3.05, 3.63) is 70.5 Å². The molecule has 2 aromatic carbocycles. The van der Waals surface area contributed by atoms with Gasteiger partial charge in [-0.05, 0) is 43.0 Å². The van der Waals surface area contributed by atoms with Crippen LogP contribution in [0.5, 0.6) is 0 Å². The molecule has 214 valence electrons. The zero-order valence-electron chi connectivity index (χ0n) is 21.6. The first-order chi connectivity index (χ1) is 18.4. The molecule has 4 rings (SSSR count). The van der Waals surface area contributed by atoms with Crippen molar-refractivity contribution in [2.45, 2.75) is 48.5 Å². The van der Waals surface area contributed by atoms with E-state index in [2.05, 4.69) is 30.9 Å². The van der Waals surface area contributed by atoms with Crippen LogP contribution in [0, 0.1) is 6.92 Å². The SMILES string of the molecule is C.C.CCc1nc(N)nc(NOCCONc2nc(N)nc(CC)c2-c2ccc(Cl)cc2)c1-c1ccc(C)cc1. The van der Waals surface area contributed by atoms with Crippen LogP contribution in [0.1, 0.15) is 45.7 Å². The van der Waals surface area contributed by atoms with Crippen LogP contribution in [0.4, 0.5) is 23.5 Å². The second-order valence-electron chi connectivity index (χ2n) is 8.49. The molecule has 0 saturated carbocycles. The number of benzene rings is 2. The molecule has 2 aromatic heterocycles. The fraction of sp³-hybridized carbons (Fsp3) is 0.310. The third-order valence-corrected chi connectivity index (χ3v) is 6.02. The molecule has 0 aliphatic rings. The predicted molar refractivity (Wildman–Crippen MR) is 165 cm³/mol. The number of nitrogen functional groups attached to an aromatic ring is 2. The second kappa shape index (κ2) is 15.0. The third-order valence-electron chi connectivity index (χ3n) is 5.77. The largest absolute Gasteiger partial charge is 0.368 e. The van der Waals surface area contributed by atoms with E-state index in [4.69, 9.17) is 32.7 Å². The zero-order chi connectivity index (χ0) is 27.1. The van der Waals surface area contributed by atoms with Gasteiger partial charge in [0.05, 0.1) is 11.4 Å². The van der Waals surface area contributed by atoms with Gasteiger partial charge in [0.15, 0.2) is 11.6 Å². The van der Waals surface area contributed by atoms with Gasteiger partial charge in [-0.2, -0.15) is 9.97 Å². The number of hydrogen-bond acceptors (Lipinski definition) is 10. The molecule has 2 heterocycles. The van der Waals surface area contributed by atoms with Gasteiger partial charge in [-0.1, -0.05) is 82.3 Å². The summed E-state index contributed by atoms with van der Waals surface area (Å²) >= 11 is 6.06. The summed E-state index contributed by atoms with van der Waals surface area (Å²) in [4.78, 5) is 28.8. The van der Waals surface area contributed by atoms with E-state index in [0.717, 1.165) is 39.2 Å². The number of anilines is 4. The number of halogens is 1. The van der Waals surface area contributed by atoms with E-state index in [1.54, 1.807) is 0 Å². The molecule has 0 aliphatic carbocycles. The number of hydrogen-bond donors (Lipinski definition) is 4. The minimum Gasteiger partial charge on any atom is -0.368 e. The molecule has 6 N–H and O–H groups in total. The number of aryl methyl sites for hydroxylation is 3. The Kier molecular flexibility index (Phi) is 12.1. The average molecular weight is 567 g/mol. The van der Waals surface area contributed by atoms with Crippen LogP contribution < -0.4 is 22.4 Å². The van der Waals surface area contributed by atoms with Crippen molar-refractivity contribution in [1.82, 2.24) is 19.9 Å². The molecule has 0 radical (unpaired) electrons. The lowest BCUT2D eigenvalue weighted by Crippen LogP contribution is -2.16. The van der Waals surface area contributed by atoms with Crippen molar-refractivity contribution in [3.8, 4) is 22.3 Å². The van der Waals surface area contributed by atoms with Gasteiger partial charge in [0, 0.05) is 16.1 Å². The molecule has 0 aliphatic heterocycles. The smallest absolute Gasteiger partial charge is 0.222 e. The van der Waals surface area contributed by atoms with E-state index in [0.29, 0.717) is 29.5 Å². The fourth-order valence-electron chi connectivity index (χ4n) is 3.98. The van der Waals surface area contributed by atoms with Crippen molar-refractivity contribution >= 4 is 35.1 Å². The maximum atomic E-state index is 6.06. The Balaban J connectivity index is 0.00000280. The maximum Gasteiger partial charge on any atom is 0.222 e. The predicted octanol–water partition coefficient (Wildman–Crippen LogP) is 6.51. The maximum absolute atomic E-state index is 6.06. The summed E-state index contributed by atoms with van der Waals surface area (Å²) in [5, 5.41) is 0.639. The Labute approximate surface area is 241 Å². The molecule has 11 heteroatoms. The first kappa shape index (κ1) is 32.2. The van der Waals surface area contributed by atoms with Crippen molar-refractivity contribution in [2.24, 2.45) is 0 Å². The van der Waals surface area contributed by atoms with Crippen LogP contribution in [0.25, 0.3) is 22.3 Å². The number of nitrogens with two attached hydrogens (primary N) is 2. The highest BCUT2D eigenvalue weighted by Crippen LogP contribution is 2.32. The van der Waals surface area contributed by atoms with Gasteiger partial charge in [-0.3, -0.25) is 9.68 Å². The van der Waals surface area contributed by atoms with Crippen LogP contribution in [0.15, 0.2) is 48.5 Å². The summed E-state index contributed by atoms with van der Waals surface area (Å²) in [6, 6.07) is 15.6. The molecule has 0 atom stereocenters. The topological polar surface area (TPSA) is 146 Å². The van der Waals surface area contributed by atoms with E-state index >= 15 is 0 Å². The molecule has 0 saturated heterocycles. The molecule has 40 heavy (non-hydrogen) atoms. The van der Waals surface area contributed by atoms with Crippen LogP contribution >= 0.6 is 11.6 Å². The number of nitrogens with one attached hydrogen (secondary N) is 2. The van der Waals surface area contributed by atoms with Gasteiger partial charge < -0.3 is 11.5 Å². The van der Waals surface area contributed by atoms with Crippen LogP contribution in [0.3, 0.4) is 0 Å². The molecule has 0 unspecified atom stereocenters. The average Bonchev–Trinajstić information content (AvgIpc) is 2.91. The molecule has 10 nitrogen and oxygen atoms in total. The normalized spacial score (nSPS) is 10.4. The highest BCUT2D eigenvalue weighted by Gasteiger charge is 2.16. The number of rotatable bonds is 11. The molecule has 0 fully saturated rings. The van der Waals surface area contributed by atoms with E-state index in [1.807, 2.05) is 69.3 Å². The van der Waals surface area contributed by atoms with Crippen LogP contribution in [-0.4, -0.2) is 33.1 Å². The van der Waals surface area contributed by atoms with E-state index in [-0.39, 0.29) is 40.0 Å². The minimum absolute atomic E-state index is 0. The summed E-state index contributed by atoms with van der Waals surface area (Å²) < 4.78 is 0. The lowest BCUT2D eigenvalue weighted by atomic mass is 10.0. The second-order valence-corrected chi connectivity index (χ2v) is 8.92.